The molecule has 0 aromatic heterocycles. The van der Waals surface area contributed by atoms with Crippen LogP contribution in [0.15, 0.2) is 0 Å². The van der Waals surface area contributed by atoms with Gasteiger partial charge >= 0.3 is 0 Å². The molecule has 8 heavy (non-hydrogen) atoms. The smallest absolute Gasteiger partial charge is 0.291 e. The lowest BCUT2D eigenvalue weighted by Crippen LogP contribution is -2.18. The second-order valence-corrected chi connectivity index (χ2v) is 1.20. The van der Waals surface area contributed by atoms with E-state index in [-0.39, 0.29) is 0 Å². The Labute approximate surface area is 46.6 Å². The number of nitrogens with zero attached hydrogens (tertiary/aromatic N) is 2. The van der Waals surface area contributed by atoms with Crippen LogP contribution >= 0.6 is 0 Å². The van der Waals surface area contributed by atoms with Crippen molar-refractivity contribution in [2.75, 3.05) is 14.1 Å². The summed E-state index contributed by atoms with van der Waals surface area (Å²) in [7, 11) is 3.56. The summed E-state index contributed by atoms with van der Waals surface area (Å²) in [5.41, 5.74) is 0. The van der Waals surface area contributed by atoms with Gasteiger partial charge in [-0.15, -0.1) is 10.1 Å². The van der Waals surface area contributed by atoms with Crippen LogP contribution in [0.3, 0.4) is 0 Å². The monoisotopic (exact) mass is 123 g/mol. The molecule has 50 valence electrons. The van der Waals surface area contributed by atoms with Gasteiger partial charge in [0.15, 0.2) is 0 Å². The Morgan fingerprint density at radius 1 is 1.75 bits per heavy atom. The zero-order chi connectivity index (χ0) is 7.15. The Balaban J connectivity index is 0. The second-order valence-electron chi connectivity index (χ2n) is 1.20. The van der Waals surface area contributed by atoms with Crippen LogP contribution in [-0.4, -0.2) is 29.4 Å². The van der Waals surface area contributed by atoms with E-state index in [4.69, 9.17) is 21.2 Å². The SMILES string of the molecule is CN(C)N.O=[N+]([O-])O. The highest BCUT2D eigenvalue weighted by atomic mass is 16.9. The fourth-order valence-corrected chi connectivity index (χ4v) is 0. The van der Waals surface area contributed by atoms with Gasteiger partial charge in [-0.05, 0) is 0 Å². The Kier molecular flexibility index (Phi) is 7.78. The molecule has 0 atom stereocenters. The van der Waals surface area contributed by atoms with Gasteiger partial charge in [-0.2, -0.15) is 0 Å². The van der Waals surface area contributed by atoms with Gasteiger partial charge in [0, 0.05) is 14.1 Å². The third-order valence-electron chi connectivity index (χ3n) is 0. The van der Waals surface area contributed by atoms with Crippen molar-refractivity contribution in [3.8, 4) is 0 Å². The van der Waals surface area contributed by atoms with Crippen molar-refractivity contribution in [1.29, 1.82) is 0 Å². The second kappa shape index (κ2) is 6.12. The highest BCUT2D eigenvalue weighted by Gasteiger charge is 1.65. The van der Waals surface area contributed by atoms with Gasteiger partial charge < -0.3 is 5.21 Å². The number of nitrogens with two attached hydrogens (primary N) is 1. The molecule has 0 saturated carbocycles. The molecule has 0 aromatic carbocycles. The maximum absolute atomic E-state index is 8.36. The summed E-state index contributed by atoms with van der Waals surface area (Å²) in [4.78, 5) is 8.36. The standard InChI is InChI=1S/C2H8N2.HNO3/c1-4(2)3;2-1(3)4/h3H2,1-2H3;(H,2,3,4). The fourth-order valence-electron chi connectivity index (χ4n) is 0. The summed E-state index contributed by atoms with van der Waals surface area (Å²) in [6.45, 7) is 0. The van der Waals surface area contributed by atoms with Crippen LogP contribution in [0.5, 0.6) is 0 Å². The largest absolute Gasteiger partial charge is 0.328 e. The first-order valence-corrected chi connectivity index (χ1v) is 1.72. The van der Waals surface area contributed by atoms with Crippen molar-refractivity contribution in [3.63, 3.8) is 0 Å². The molecule has 6 nitrogen and oxygen atoms in total. The number of hydrogen-bond donors (Lipinski definition) is 2. The molecule has 0 saturated heterocycles. The van der Waals surface area contributed by atoms with Crippen molar-refractivity contribution < 1.29 is 10.3 Å². The van der Waals surface area contributed by atoms with Gasteiger partial charge in [0.05, 0.1) is 0 Å². The third-order valence-corrected chi connectivity index (χ3v) is 0. The lowest BCUT2D eigenvalue weighted by atomic mass is 11.2. The molecule has 0 bridgehead atoms. The van der Waals surface area contributed by atoms with E-state index in [1.54, 1.807) is 14.1 Å². The van der Waals surface area contributed by atoms with Gasteiger partial charge in [0.1, 0.15) is 0 Å². The summed E-state index contributed by atoms with van der Waals surface area (Å²) in [5, 5.41) is 15.1. The van der Waals surface area contributed by atoms with E-state index in [0.29, 0.717) is 0 Å². The average molecular weight is 123 g/mol. The van der Waals surface area contributed by atoms with E-state index in [9.17, 15) is 0 Å². The fraction of sp³-hybridized carbons (Fsp3) is 1.00. The van der Waals surface area contributed by atoms with Crippen molar-refractivity contribution >= 4 is 0 Å². The van der Waals surface area contributed by atoms with Gasteiger partial charge in [-0.3, -0.25) is 10.9 Å². The maximum atomic E-state index is 8.36. The summed E-state index contributed by atoms with van der Waals surface area (Å²) < 4.78 is 0. The van der Waals surface area contributed by atoms with Crippen LogP contribution in [-0.2, 0) is 0 Å². The van der Waals surface area contributed by atoms with E-state index in [1.807, 2.05) is 0 Å². The predicted molar refractivity (Wildman–Crippen MR) is 26.7 cm³/mol. The van der Waals surface area contributed by atoms with Crippen molar-refractivity contribution in [3.05, 3.63) is 10.1 Å². The van der Waals surface area contributed by atoms with Crippen LogP contribution in [0.4, 0.5) is 0 Å². The summed E-state index contributed by atoms with van der Waals surface area (Å²) >= 11 is 0. The minimum atomic E-state index is -1.50. The molecule has 6 heteroatoms. The Morgan fingerprint density at radius 3 is 1.75 bits per heavy atom. The Hall–Kier alpha value is -0.880. The minimum absolute atomic E-state index is 1.50. The predicted octanol–water partition coefficient (Wildman–Crippen LogP) is -0.926. The summed E-state index contributed by atoms with van der Waals surface area (Å²) in [6.07, 6.45) is 0. The molecule has 0 aliphatic heterocycles. The van der Waals surface area contributed by atoms with Gasteiger partial charge in [-0.25, -0.2) is 0 Å². The quantitative estimate of drug-likeness (QED) is 0.247. The first-order valence-electron chi connectivity index (χ1n) is 1.72. The van der Waals surface area contributed by atoms with E-state index >= 15 is 0 Å². The molecule has 0 aliphatic carbocycles. The normalized spacial score (nSPS) is 7.50. The molecule has 0 aromatic rings. The van der Waals surface area contributed by atoms with Gasteiger partial charge in [0.2, 0.25) is 0 Å². The molecule has 0 rings (SSSR count). The molecule has 0 heterocycles. The molecule has 0 amide bonds. The third kappa shape index (κ3) is 112. The first-order chi connectivity index (χ1) is 3.46. The molecule has 0 fully saturated rings. The molecular formula is C2H9N3O3. The zero-order valence-corrected chi connectivity index (χ0v) is 4.74. The van der Waals surface area contributed by atoms with E-state index in [1.165, 1.54) is 5.01 Å². The lowest BCUT2D eigenvalue weighted by molar-refractivity contribution is -0.742. The van der Waals surface area contributed by atoms with Crippen molar-refractivity contribution in [2.45, 2.75) is 0 Å². The van der Waals surface area contributed by atoms with Crippen molar-refractivity contribution in [2.24, 2.45) is 5.84 Å². The molecule has 3 N–H and O–H groups in total. The highest BCUT2D eigenvalue weighted by Crippen LogP contribution is 1.38. The molecule has 0 unspecified atom stereocenters. The first kappa shape index (κ1) is 10.2. The number of hydrogen-bond acceptors (Lipinski definition) is 4. The van der Waals surface area contributed by atoms with Crippen LogP contribution in [0.1, 0.15) is 0 Å². The van der Waals surface area contributed by atoms with E-state index in [2.05, 4.69) is 0 Å². The maximum Gasteiger partial charge on any atom is 0.291 e. The molecule has 0 spiro atoms. The Morgan fingerprint density at radius 2 is 1.75 bits per heavy atom. The molecule has 0 radical (unpaired) electrons. The van der Waals surface area contributed by atoms with E-state index < -0.39 is 5.09 Å². The van der Waals surface area contributed by atoms with Crippen molar-refractivity contribution in [1.82, 2.24) is 5.01 Å². The topological polar surface area (TPSA) is 92.6 Å². The van der Waals surface area contributed by atoms with Crippen LogP contribution in [0.2, 0.25) is 0 Å². The zero-order valence-electron chi connectivity index (χ0n) is 4.74. The number of rotatable bonds is 0. The van der Waals surface area contributed by atoms with Gasteiger partial charge in [-0.1, -0.05) is 0 Å². The minimum Gasteiger partial charge on any atom is -0.328 e. The average Bonchev–Trinajstić information content (AvgIpc) is 1.25. The lowest BCUT2D eigenvalue weighted by Gasteiger charge is -1.91. The highest BCUT2D eigenvalue weighted by molar-refractivity contribution is 4.01. The summed E-state index contributed by atoms with van der Waals surface area (Å²) in [6, 6.07) is 0. The van der Waals surface area contributed by atoms with Crippen LogP contribution in [0.25, 0.3) is 0 Å². The molecular weight excluding hydrogens is 114 g/mol. The van der Waals surface area contributed by atoms with Crippen LogP contribution < -0.4 is 5.84 Å². The Bertz CT molecular complexity index is 56.8. The van der Waals surface area contributed by atoms with Crippen LogP contribution in [0, 0.1) is 10.1 Å². The summed E-state index contributed by atoms with van der Waals surface area (Å²) in [5.74, 6) is 4.94. The number of hydrazine groups is 1. The molecule has 0 aliphatic rings. The van der Waals surface area contributed by atoms with E-state index in [0.717, 1.165) is 0 Å². The van der Waals surface area contributed by atoms with Gasteiger partial charge in [0.25, 0.3) is 5.09 Å².